The zero-order valence-electron chi connectivity index (χ0n) is 18.4. The summed E-state index contributed by atoms with van der Waals surface area (Å²) in [5, 5.41) is 10.0. The van der Waals surface area contributed by atoms with Crippen LogP contribution >= 0.6 is 0 Å². The second kappa shape index (κ2) is 9.14. The first-order valence-electron chi connectivity index (χ1n) is 11.1. The van der Waals surface area contributed by atoms with E-state index in [0.29, 0.717) is 52.2 Å². The summed E-state index contributed by atoms with van der Waals surface area (Å²) in [6, 6.07) is 9.59. The molecule has 1 N–H and O–H groups in total. The van der Waals surface area contributed by atoms with E-state index < -0.39 is 5.60 Å². The van der Waals surface area contributed by atoms with Crippen molar-refractivity contribution in [2.45, 2.75) is 24.5 Å². The number of hydrogen-bond acceptors (Lipinski definition) is 6. The van der Waals surface area contributed by atoms with Crippen LogP contribution in [0.2, 0.25) is 0 Å². The molecule has 3 saturated heterocycles. The third-order valence-corrected chi connectivity index (χ3v) is 6.71. The van der Waals surface area contributed by atoms with Crippen LogP contribution in [0.4, 0.5) is 0 Å². The smallest absolute Gasteiger partial charge is 0.236 e. The topological polar surface area (TPSA) is 82.6 Å². The van der Waals surface area contributed by atoms with Crippen LogP contribution < -0.4 is 4.74 Å². The van der Waals surface area contributed by atoms with E-state index in [0.717, 1.165) is 5.75 Å². The third kappa shape index (κ3) is 4.56. The molecule has 2 amide bonds. The van der Waals surface area contributed by atoms with Gasteiger partial charge in [0.2, 0.25) is 11.8 Å². The normalized spacial score (nSPS) is 29.4. The average molecular weight is 432 g/mol. The van der Waals surface area contributed by atoms with Gasteiger partial charge in [0.25, 0.3) is 0 Å². The van der Waals surface area contributed by atoms with Crippen LogP contribution in [0, 0.1) is 11.8 Å². The lowest BCUT2D eigenvalue weighted by Crippen LogP contribution is -2.56. The van der Waals surface area contributed by atoms with Crippen LogP contribution in [0.3, 0.4) is 0 Å². The number of para-hydroxylation sites is 1. The van der Waals surface area contributed by atoms with Crippen molar-refractivity contribution in [3.8, 4) is 5.75 Å². The van der Waals surface area contributed by atoms with Gasteiger partial charge >= 0.3 is 0 Å². The summed E-state index contributed by atoms with van der Waals surface area (Å²) in [7, 11) is 3.75. The highest BCUT2D eigenvalue weighted by Crippen LogP contribution is 2.49. The van der Waals surface area contributed by atoms with Gasteiger partial charge in [0.15, 0.2) is 0 Å². The van der Waals surface area contributed by atoms with Crippen molar-refractivity contribution in [2.24, 2.45) is 11.8 Å². The number of fused-ring (bicyclic) bond motifs is 1. The Bertz CT molecular complexity index is 789. The van der Waals surface area contributed by atoms with Crippen molar-refractivity contribution >= 4 is 11.8 Å². The molecule has 3 heterocycles. The number of likely N-dealkylation sites (tertiary alicyclic amines) is 2. The molecule has 1 aromatic rings. The third-order valence-electron chi connectivity index (χ3n) is 6.71. The summed E-state index contributed by atoms with van der Waals surface area (Å²) in [6.45, 7) is 2.91. The molecule has 4 atom stereocenters. The second-order valence-corrected chi connectivity index (χ2v) is 9.23. The summed E-state index contributed by atoms with van der Waals surface area (Å²) in [5.41, 5.74) is -0.561. The SMILES string of the molecule is CN(C)CC(=O)N1C[C@@H]2[C@H](CO)[C@H]3CN(C(=O)CCCOc4ccccc4)C[C@]2(C1)O3. The molecule has 0 aromatic heterocycles. The predicted molar refractivity (Wildman–Crippen MR) is 115 cm³/mol. The molecule has 1 spiro atoms. The van der Waals surface area contributed by atoms with Crippen LogP contribution in [0.25, 0.3) is 0 Å². The summed E-state index contributed by atoms with van der Waals surface area (Å²) in [6.07, 6.45) is 0.885. The second-order valence-electron chi connectivity index (χ2n) is 9.23. The summed E-state index contributed by atoms with van der Waals surface area (Å²) < 4.78 is 12.1. The van der Waals surface area contributed by atoms with Crippen LogP contribution in [-0.2, 0) is 14.3 Å². The molecule has 170 valence electrons. The number of nitrogens with zero attached hydrogens (tertiary/aromatic N) is 3. The van der Waals surface area contributed by atoms with Crippen molar-refractivity contribution in [1.82, 2.24) is 14.7 Å². The first-order chi connectivity index (χ1) is 14.9. The first-order valence-corrected chi connectivity index (χ1v) is 11.1. The molecule has 0 aliphatic carbocycles. The molecule has 3 aliphatic rings. The minimum absolute atomic E-state index is 0.0136. The highest BCUT2D eigenvalue weighted by atomic mass is 16.5. The van der Waals surface area contributed by atoms with Gasteiger partial charge in [0.1, 0.15) is 11.4 Å². The maximum atomic E-state index is 12.9. The van der Waals surface area contributed by atoms with Gasteiger partial charge in [0.05, 0.1) is 32.3 Å². The number of hydrogen-bond donors (Lipinski definition) is 1. The Morgan fingerprint density at radius 1 is 1.16 bits per heavy atom. The summed E-state index contributed by atoms with van der Waals surface area (Å²) >= 11 is 0. The molecule has 2 bridgehead atoms. The van der Waals surface area contributed by atoms with Gasteiger partial charge in [-0.3, -0.25) is 9.59 Å². The maximum absolute atomic E-state index is 12.9. The molecule has 0 unspecified atom stereocenters. The van der Waals surface area contributed by atoms with Crippen LogP contribution in [0.15, 0.2) is 30.3 Å². The zero-order chi connectivity index (χ0) is 22.0. The van der Waals surface area contributed by atoms with E-state index >= 15 is 0 Å². The number of carbonyl (C=O) groups is 2. The van der Waals surface area contributed by atoms with E-state index in [9.17, 15) is 14.7 Å². The molecule has 0 radical (unpaired) electrons. The molecular weight excluding hydrogens is 398 g/mol. The van der Waals surface area contributed by atoms with Crippen molar-refractivity contribution in [3.63, 3.8) is 0 Å². The van der Waals surface area contributed by atoms with Gasteiger partial charge in [-0.2, -0.15) is 0 Å². The fourth-order valence-corrected chi connectivity index (χ4v) is 5.27. The lowest BCUT2D eigenvalue weighted by atomic mass is 9.83. The zero-order valence-corrected chi connectivity index (χ0v) is 18.4. The fourth-order valence-electron chi connectivity index (χ4n) is 5.27. The Balaban J connectivity index is 1.35. The Kier molecular flexibility index (Phi) is 6.50. The molecule has 8 heteroatoms. The highest BCUT2D eigenvalue weighted by Gasteiger charge is 2.63. The number of carbonyl (C=O) groups excluding carboxylic acids is 2. The summed E-state index contributed by atoms with van der Waals surface area (Å²) in [5.74, 6) is 0.969. The number of ether oxygens (including phenoxy) is 2. The van der Waals surface area contributed by atoms with E-state index in [1.54, 1.807) is 0 Å². The minimum atomic E-state index is -0.561. The number of likely N-dealkylation sites (N-methyl/N-ethyl adjacent to an activating group) is 1. The largest absolute Gasteiger partial charge is 0.494 e. The van der Waals surface area contributed by atoms with Crippen molar-refractivity contribution in [3.05, 3.63) is 30.3 Å². The number of aliphatic hydroxyl groups excluding tert-OH is 1. The number of rotatable bonds is 8. The van der Waals surface area contributed by atoms with Gasteiger partial charge in [0, 0.05) is 38.0 Å². The van der Waals surface area contributed by atoms with Crippen molar-refractivity contribution < 1.29 is 24.2 Å². The van der Waals surface area contributed by atoms with Gasteiger partial charge in [-0.05, 0) is 32.6 Å². The van der Waals surface area contributed by atoms with Gasteiger partial charge in [-0.25, -0.2) is 0 Å². The number of benzene rings is 1. The quantitative estimate of drug-likeness (QED) is 0.602. The van der Waals surface area contributed by atoms with Gasteiger partial charge < -0.3 is 29.3 Å². The Hall–Kier alpha value is -2.16. The first kappa shape index (κ1) is 22.0. The minimum Gasteiger partial charge on any atom is -0.494 e. The Labute approximate surface area is 183 Å². The van der Waals surface area contributed by atoms with E-state index in [-0.39, 0.29) is 36.4 Å². The lowest BCUT2D eigenvalue weighted by molar-refractivity contribution is -0.155. The Morgan fingerprint density at radius 3 is 2.55 bits per heavy atom. The molecule has 3 fully saturated rings. The standard InChI is InChI=1S/C23H33N3O5/c1-24(2)13-22(29)25-11-19-18(14-27)20-12-26(16-23(19,15-25)31-20)21(28)9-6-10-30-17-7-4-3-5-8-17/h3-5,7-8,18-20,27H,6,9-16H2,1-2H3/t18-,19+,20+,23-/m0/s1. The number of amides is 2. The van der Waals surface area contributed by atoms with Crippen molar-refractivity contribution in [1.29, 1.82) is 0 Å². The number of aliphatic hydroxyl groups is 1. The predicted octanol–water partition coefficient (Wildman–Crippen LogP) is 0.454. The van der Waals surface area contributed by atoms with E-state index in [4.69, 9.17) is 9.47 Å². The monoisotopic (exact) mass is 431 g/mol. The molecule has 8 nitrogen and oxygen atoms in total. The molecule has 0 saturated carbocycles. The van der Waals surface area contributed by atoms with Crippen LogP contribution in [0.5, 0.6) is 5.75 Å². The molecule has 1 aromatic carbocycles. The lowest BCUT2D eigenvalue weighted by Gasteiger charge is -2.40. The average Bonchev–Trinajstić information content (AvgIpc) is 3.19. The van der Waals surface area contributed by atoms with E-state index in [1.165, 1.54) is 0 Å². The van der Waals surface area contributed by atoms with Crippen LogP contribution in [0.1, 0.15) is 12.8 Å². The highest BCUT2D eigenvalue weighted by molar-refractivity contribution is 5.79. The number of morpholine rings is 1. The Morgan fingerprint density at radius 2 is 1.87 bits per heavy atom. The van der Waals surface area contributed by atoms with Gasteiger partial charge in [-0.1, -0.05) is 18.2 Å². The maximum Gasteiger partial charge on any atom is 0.236 e. The van der Waals surface area contributed by atoms with E-state index in [1.807, 2.05) is 59.1 Å². The molecular formula is C23H33N3O5. The molecule has 4 rings (SSSR count). The van der Waals surface area contributed by atoms with E-state index in [2.05, 4.69) is 0 Å². The van der Waals surface area contributed by atoms with Crippen molar-refractivity contribution in [2.75, 3.05) is 60.0 Å². The molecule has 31 heavy (non-hydrogen) atoms. The van der Waals surface area contributed by atoms with Crippen LogP contribution in [-0.4, -0.2) is 103 Å². The fraction of sp³-hybridized carbons (Fsp3) is 0.652. The summed E-state index contributed by atoms with van der Waals surface area (Å²) in [4.78, 5) is 31.1. The molecule has 3 aliphatic heterocycles. The van der Waals surface area contributed by atoms with Gasteiger partial charge in [-0.15, -0.1) is 0 Å².